The highest BCUT2D eigenvalue weighted by atomic mass is 35.5. The Labute approximate surface area is 278 Å². The molecule has 0 spiro atoms. The zero-order valence-corrected chi connectivity index (χ0v) is 27.2. The number of halogens is 2. The van der Waals surface area contributed by atoms with Gasteiger partial charge in [-0.15, -0.1) is 0 Å². The average Bonchev–Trinajstić information content (AvgIpc) is 3.70. The first-order chi connectivity index (χ1) is 22.3. The summed E-state index contributed by atoms with van der Waals surface area (Å²) in [7, 11) is 3.20. The number of aryl methyl sites for hydroxylation is 1. The molecule has 2 aromatic heterocycles. The Kier molecular flexibility index (Phi) is 9.72. The van der Waals surface area contributed by atoms with E-state index >= 15 is 0 Å². The fourth-order valence-corrected chi connectivity index (χ4v) is 6.67. The number of carbonyl (C=O) groups excluding carboxylic acids is 2. The van der Waals surface area contributed by atoms with Gasteiger partial charge in [-0.25, -0.2) is 9.97 Å². The molecule has 2 amide bonds. The van der Waals surface area contributed by atoms with Crippen molar-refractivity contribution >= 4 is 35.0 Å². The molecule has 2 aromatic carbocycles. The van der Waals surface area contributed by atoms with Crippen molar-refractivity contribution in [1.82, 2.24) is 25.9 Å². The number of nitrogens with one attached hydrogen (secondary N) is 3. The Morgan fingerprint density at radius 2 is 1.28 bits per heavy atom. The van der Waals surface area contributed by atoms with Gasteiger partial charge in [0.25, 0.3) is 0 Å². The molecule has 6 rings (SSSR count). The topological polar surface area (TPSA) is 114 Å². The van der Waals surface area contributed by atoms with Crippen LogP contribution >= 0.6 is 23.2 Å². The Morgan fingerprint density at radius 3 is 1.83 bits per heavy atom. The van der Waals surface area contributed by atoms with Crippen LogP contribution in [0.25, 0.3) is 33.6 Å². The first-order valence-corrected chi connectivity index (χ1v) is 16.0. The van der Waals surface area contributed by atoms with E-state index in [0.717, 1.165) is 46.2 Å². The number of hydrogen-bond acceptors (Lipinski definition) is 7. The second kappa shape index (κ2) is 14.1. The normalized spacial score (nSPS) is 17.6. The van der Waals surface area contributed by atoms with E-state index in [1.807, 2.05) is 60.7 Å². The van der Waals surface area contributed by atoms with Gasteiger partial charge in [0.1, 0.15) is 0 Å². The molecular formula is C35H35Cl2N5O4. The molecule has 0 saturated carbocycles. The third-order valence-corrected chi connectivity index (χ3v) is 9.36. The van der Waals surface area contributed by atoms with E-state index < -0.39 is 0 Å². The minimum atomic E-state index is 0.0513. The smallest absolute Gasteiger partial charge is 0.221 e. The van der Waals surface area contributed by atoms with Crippen LogP contribution in [0.1, 0.15) is 30.4 Å². The van der Waals surface area contributed by atoms with Crippen molar-refractivity contribution in [3.63, 3.8) is 0 Å². The molecule has 9 nitrogen and oxygen atoms in total. The van der Waals surface area contributed by atoms with Crippen LogP contribution in [-0.2, 0) is 22.6 Å². The first kappa shape index (κ1) is 31.8. The van der Waals surface area contributed by atoms with Crippen molar-refractivity contribution in [2.24, 2.45) is 5.92 Å². The van der Waals surface area contributed by atoms with E-state index in [9.17, 15) is 9.59 Å². The Morgan fingerprint density at radius 1 is 0.739 bits per heavy atom. The molecule has 0 radical (unpaired) electrons. The molecule has 2 atom stereocenters. The zero-order valence-electron chi connectivity index (χ0n) is 25.7. The molecule has 2 saturated heterocycles. The highest BCUT2D eigenvalue weighted by molar-refractivity contribution is 6.39. The molecule has 4 heterocycles. The summed E-state index contributed by atoms with van der Waals surface area (Å²) in [6, 6.07) is 19.5. The number of benzene rings is 2. The van der Waals surface area contributed by atoms with Crippen LogP contribution in [-0.4, -0.2) is 55.1 Å². The van der Waals surface area contributed by atoms with Crippen molar-refractivity contribution in [2.75, 3.05) is 27.3 Å². The van der Waals surface area contributed by atoms with E-state index in [4.69, 9.17) is 42.6 Å². The quantitative estimate of drug-likeness (QED) is 0.185. The lowest BCUT2D eigenvalue weighted by Gasteiger charge is -2.16. The Hall–Kier alpha value is -4.18. The second-order valence-electron chi connectivity index (χ2n) is 11.6. The molecule has 238 valence electrons. The maximum atomic E-state index is 11.6. The number of pyridine rings is 2. The second-order valence-corrected chi connectivity index (χ2v) is 12.3. The molecule has 4 aromatic rings. The van der Waals surface area contributed by atoms with Crippen LogP contribution in [0, 0.1) is 5.92 Å². The standard InChI is InChI=1S/C35H35Cl2N5O4/c1-45-34-21(10-9-20-15-30(43)39-17-20)11-13-28(41-34)26-7-3-5-24(32(26)36)25-6-4-8-27(33(25)37)29-14-12-22(35(42-29)46-2)18-38-23-16-31(44)40-19-23/h3-8,11-14,20,23,38H,9-10,15-19H2,1-2H3,(H,39,43)(H,40,44). The highest BCUT2D eigenvalue weighted by Crippen LogP contribution is 2.42. The minimum Gasteiger partial charge on any atom is -0.481 e. The van der Waals surface area contributed by atoms with Gasteiger partial charge in [0.05, 0.1) is 35.7 Å². The van der Waals surface area contributed by atoms with Gasteiger partial charge in [0, 0.05) is 71.9 Å². The van der Waals surface area contributed by atoms with Crippen molar-refractivity contribution in [3.8, 4) is 45.4 Å². The van der Waals surface area contributed by atoms with E-state index in [2.05, 4.69) is 16.0 Å². The molecule has 0 aliphatic carbocycles. The SMILES string of the molecule is COc1nc(-c2cccc(-c3cccc(-c4ccc(CNC5CNC(=O)C5)c(OC)n4)c3Cl)c2Cl)ccc1CCC1CNC(=O)C1. The van der Waals surface area contributed by atoms with E-state index in [1.54, 1.807) is 14.2 Å². The molecule has 0 bridgehead atoms. The Bertz CT molecular complexity index is 1650. The molecular weight excluding hydrogens is 625 g/mol. The summed E-state index contributed by atoms with van der Waals surface area (Å²) in [6.07, 6.45) is 2.66. The largest absolute Gasteiger partial charge is 0.481 e. The third kappa shape index (κ3) is 6.82. The maximum Gasteiger partial charge on any atom is 0.221 e. The van der Waals surface area contributed by atoms with Crippen molar-refractivity contribution in [3.05, 3.63) is 81.8 Å². The fraction of sp³-hybridized carbons (Fsp3) is 0.314. The number of nitrogens with zero attached hydrogens (tertiary/aromatic N) is 2. The molecule has 2 unspecified atom stereocenters. The van der Waals surface area contributed by atoms with Crippen LogP contribution in [0.5, 0.6) is 11.8 Å². The number of amides is 2. The number of methoxy groups -OCH3 is 2. The number of rotatable bonds is 11. The summed E-state index contributed by atoms with van der Waals surface area (Å²) in [4.78, 5) is 32.7. The summed E-state index contributed by atoms with van der Waals surface area (Å²) in [5.74, 6) is 1.52. The summed E-state index contributed by atoms with van der Waals surface area (Å²) >= 11 is 14.1. The van der Waals surface area contributed by atoms with Crippen molar-refractivity contribution in [1.29, 1.82) is 0 Å². The predicted molar refractivity (Wildman–Crippen MR) is 179 cm³/mol. The highest BCUT2D eigenvalue weighted by Gasteiger charge is 2.23. The molecule has 3 N–H and O–H groups in total. The molecule has 11 heteroatoms. The van der Waals surface area contributed by atoms with Gasteiger partial charge in [-0.05, 0) is 30.9 Å². The average molecular weight is 661 g/mol. The summed E-state index contributed by atoms with van der Waals surface area (Å²) in [5.41, 5.74) is 6.25. The zero-order chi connectivity index (χ0) is 32.2. The lowest BCUT2D eigenvalue weighted by Crippen LogP contribution is -2.30. The number of ether oxygens (including phenoxy) is 2. The lowest BCUT2D eigenvalue weighted by atomic mass is 9.97. The lowest BCUT2D eigenvalue weighted by molar-refractivity contribution is -0.120. The van der Waals surface area contributed by atoms with Gasteiger partial charge < -0.3 is 25.4 Å². The number of hydrogen-bond donors (Lipinski definition) is 3. The van der Waals surface area contributed by atoms with Gasteiger partial charge in [0.15, 0.2) is 0 Å². The van der Waals surface area contributed by atoms with E-state index in [0.29, 0.717) is 71.6 Å². The van der Waals surface area contributed by atoms with Crippen LogP contribution in [0.15, 0.2) is 60.7 Å². The number of carbonyl (C=O) groups is 2. The predicted octanol–water partition coefficient (Wildman–Crippen LogP) is 5.85. The Balaban J connectivity index is 1.25. The molecule has 2 aliphatic rings. The van der Waals surface area contributed by atoms with Gasteiger partial charge in [-0.1, -0.05) is 71.7 Å². The van der Waals surface area contributed by atoms with Gasteiger partial charge >= 0.3 is 0 Å². The molecule has 46 heavy (non-hydrogen) atoms. The molecule has 2 aliphatic heterocycles. The fourth-order valence-electron chi connectivity index (χ4n) is 6.02. The van der Waals surface area contributed by atoms with E-state index in [-0.39, 0.29) is 17.9 Å². The third-order valence-electron chi connectivity index (χ3n) is 8.55. The van der Waals surface area contributed by atoms with Crippen molar-refractivity contribution in [2.45, 2.75) is 38.3 Å². The van der Waals surface area contributed by atoms with Gasteiger partial charge in [0.2, 0.25) is 23.6 Å². The minimum absolute atomic E-state index is 0.0513. The van der Waals surface area contributed by atoms with Gasteiger partial charge in [-0.2, -0.15) is 0 Å². The van der Waals surface area contributed by atoms with Gasteiger partial charge in [-0.3, -0.25) is 9.59 Å². The monoisotopic (exact) mass is 659 g/mol. The van der Waals surface area contributed by atoms with Crippen LogP contribution < -0.4 is 25.4 Å². The first-order valence-electron chi connectivity index (χ1n) is 15.3. The van der Waals surface area contributed by atoms with Crippen LogP contribution in [0.2, 0.25) is 10.0 Å². The maximum absolute atomic E-state index is 11.6. The van der Waals surface area contributed by atoms with Crippen LogP contribution in [0.3, 0.4) is 0 Å². The molecule has 2 fully saturated rings. The summed E-state index contributed by atoms with van der Waals surface area (Å²) in [6.45, 7) is 1.84. The van der Waals surface area contributed by atoms with Crippen molar-refractivity contribution < 1.29 is 19.1 Å². The number of aromatic nitrogens is 2. The van der Waals surface area contributed by atoms with E-state index in [1.165, 1.54) is 0 Å². The van der Waals surface area contributed by atoms with Crippen LogP contribution in [0.4, 0.5) is 0 Å². The summed E-state index contributed by atoms with van der Waals surface area (Å²) < 4.78 is 11.3. The summed E-state index contributed by atoms with van der Waals surface area (Å²) in [5, 5.41) is 10.2.